The summed E-state index contributed by atoms with van der Waals surface area (Å²) in [7, 11) is 1.62. The van der Waals surface area contributed by atoms with Crippen molar-refractivity contribution in [1.82, 2.24) is 16.0 Å². The number of aliphatic hydroxyl groups is 1. The predicted molar refractivity (Wildman–Crippen MR) is 73.9 cm³/mol. The molecule has 0 aliphatic carbocycles. The zero-order chi connectivity index (χ0) is 13.7. The number of benzene rings is 1. The van der Waals surface area contributed by atoms with Gasteiger partial charge in [-0.1, -0.05) is 12.1 Å². The maximum Gasteiger partial charge on any atom is 0.251 e. The van der Waals surface area contributed by atoms with Gasteiger partial charge in [-0.3, -0.25) is 4.79 Å². The molecule has 1 amide bonds. The summed E-state index contributed by atoms with van der Waals surface area (Å²) in [5.41, 5.74) is 1.80. The Balaban J connectivity index is 1.78. The van der Waals surface area contributed by atoms with Crippen LogP contribution in [-0.2, 0) is 6.54 Å². The zero-order valence-electron chi connectivity index (χ0n) is 11.1. The summed E-state index contributed by atoms with van der Waals surface area (Å²) in [5, 5.41) is 18.8. The SMILES string of the molecule is CNC(=O)c1ccc(CNCC2CNCC2O)cc1. The van der Waals surface area contributed by atoms with Crippen molar-refractivity contribution in [1.29, 1.82) is 0 Å². The van der Waals surface area contributed by atoms with Crippen molar-refractivity contribution >= 4 is 5.91 Å². The molecule has 1 aromatic carbocycles. The second kappa shape index (κ2) is 6.65. The minimum absolute atomic E-state index is 0.0698. The molecule has 0 bridgehead atoms. The van der Waals surface area contributed by atoms with Crippen LogP contribution in [0.5, 0.6) is 0 Å². The molecule has 1 heterocycles. The van der Waals surface area contributed by atoms with Gasteiger partial charge in [-0.05, 0) is 17.7 Å². The van der Waals surface area contributed by atoms with E-state index in [2.05, 4.69) is 16.0 Å². The molecule has 1 aromatic rings. The fourth-order valence-corrected chi connectivity index (χ4v) is 2.25. The summed E-state index contributed by atoms with van der Waals surface area (Å²) in [5.74, 6) is 0.213. The third-order valence-electron chi connectivity index (χ3n) is 3.48. The first-order valence-electron chi connectivity index (χ1n) is 6.61. The number of carbonyl (C=O) groups excluding carboxylic acids is 1. The number of amides is 1. The van der Waals surface area contributed by atoms with Crippen LogP contribution < -0.4 is 16.0 Å². The van der Waals surface area contributed by atoms with Crippen molar-refractivity contribution in [2.45, 2.75) is 12.6 Å². The molecule has 1 saturated heterocycles. The lowest BCUT2D eigenvalue weighted by Gasteiger charge is -2.14. The largest absolute Gasteiger partial charge is 0.391 e. The fraction of sp³-hybridized carbons (Fsp3) is 0.500. The van der Waals surface area contributed by atoms with Gasteiger partial charge in [0.25, 0.3) is 5.91 Å². The Bertz CT molecular complexity index is 419. The van der Waals surface area contributed by atoms with E-state index in [9.17, 15) is 9.90 Å². The maximum atomic E-state index is 11.4. The van der Waals surface area contributed by atoms with Crippen molar-refractivity contribution < 1.29 is 9.90 Å². The van der Waals surface area contributed by atoms with Crippen LogP contribution in [0.1, 0.15) is 15.9 Å². The molecule has 0 radical (unpaired) electrons. The summed E-state index contributed by atoms with van der Waals surface area (Å²) in [4.78, 5) is 11.4. The van der Waals surface area contributed by atoms with Gasteiger partial charge >= 0.3 is 0 Å². The van der Waals surface area contributed by atoms with Crippen LogP contribution in [-0.4, -0.2) is 43.8 Å². The fourth-order valence-electron chi connectivity index (χ4n) is 2.25. The summed E-state index contributed by atoms with van der Waals surface area (Å²) >= 11 is 0. The lowest BCUT2D eigenvalue weighted by atomic mass is 10.1. The van der Waals surface area contributed by atoms with E-state index in [0.717, 1.165) is 25.2 Å². The minimum Gasteiger partial charge on any atom is -0.391 e. The highest BCUT2D eigenvalue weighted by molar-refractivity contribution is 5.93. The van der Waals surface area contributed by atoms with Crippen LogP contribution in [0, 0.1) is 5.92 Å². The van der Waals surface area contributed by atoms with E-state index in [-0.39, 0.29) is 17.9 Å². The van der Waals surface area contributed by atoms with Crippen molar-refractivity contribution in [3.8, 4) is 0 Å². The molecule has 2 atom stereocenters. The molecule has 0 aromatic heterocycles. The highest BCUT2D eigenvalue weighted by atomic mass is 16.3. The third-order valence-corrected chi connectivity index (χ3v) is 3.48. The predicted octanol–water partition coefficient (Wildman–Crippen LogP) is -0.284. The van der Waals surface area contributed by atoms with Gasteiger partial charge in [0.15, 0.2) is 0 Å². The zero-order valence-corrected chi connectivity index (χ0v) is 11.1. The summed E-state index contributed by atoms with van der Waals surface area (Å²) < 4.78 is 0. The standard InChI is InChI=1S/C14H21N3O2/c1-15-14(19)11-4-2-10(3-5-11)6-16-7-12-8-17-9-13(12)18/h2-5,12-13,16-18H,6-9H2,1H3,(H,15,19). The molecule has 2 rings (SSSR count). The van der Waals surface area contributed by atoms with Gasteiger partial charge in [0, 0.05) is 44.7 Å². The second-order valence-corrected chi connectivity index (χ2v) is 4.89. The first-order chi connectivity index (χ1) is 9.20. The highest BCUT2D eigenvalue weighted by Crippen LogP contribution is 2.08. The monoisotopic (exact) mass is 263 g/mol. The van der Waals surface area contributed by atoms with Gasteiger partial charge in [0.2, 0.25) is 0 Å². The molecular formula is C14H21N3O2. The molecule has 5 heteroatoms. The van der Waals surface area contributed by atoms with Crippen LogP contribution in [0.2, 0.25) is 0 Å². The van der Waals surface area contributed by atoms with Crippen molar-refractivity contribution in [2.75, 3.05) is 26.7 Å². The summed E-state index contributed by atoms with van der Waals surface area (Å²) in [6, 6.07) is 7.53. The topological polar surface area (TPSA) is 73.4 Å². The number of rotatable bonds is 5. The molecule has 0 spiro atoms. The lowest BCUT2D eigenvalue weighted by Crippen LogP contribution is -2.30. The van der Waals surface area contributed by atoms with E-state index < -0.39 is 0 Å². The van der Waals surface area contributed by atoms with E-state index in [0.29, 0.717) is 12.1 Å². The average molecular weight is 263 g/mol. The van der Waals surface area contributed by atoms with Gasteiger partial charge < -0.3 is 21.1 Å². The Morgan fingerprint density at radius 2 is 2.11 bits per heavy atom. The number of hydrogen-bond donors (Lipinski definition) is 4. The smallest absolute Gasteiger partial charge is 0.251 e. The van der Waals surface area contributed by atoms with Gasteiger partial charge in [-0.25, -0.2) is 0 Å². The van der Waals surface area contributed by atoms with Crippen molar-refractivity contribution in [2.24, 2.45) is 5.92 Å². The highest BCUT2D eigenvalue weighted by Gasteiger charge is 2.23. The Morgan fingerprint density at radius 1 is 1.37 bits per heavy atom. The van der Waals surface area contributed by atoms with E-state index in [1.807, 2.05) is 24.3 Å². The Labute approximate surface area is 113 Å². The van der Waals surface area contributed by atoms with E-state index >= 15 is 0 Å². The van der Waals surface area contributed by atoms with Crippen molar-refractivity contribution in [3.05, 3.63) is 35.4 Å². The van der Waals surface area contributed by atoms with Crippen LogP contribution in [0.15, 0.2) is 24.3 Å². The number of carbonyl (C=O) groups is 1. The van der Waals surface area contributed by atoms with E-state index in [1.165, 1.54) is 0 Å². The number of hydrogen-bond acceptors (Lipinski definition) is 4. The molecule has 1 aliphatic rings. The molecule has 4 N–H and O–H groups in total. The van der Waals surface area contributed by atoms with Gasteiger partial charge in [0.05, 0.1) is 6.10 Å². The Kier molecular flexibility index (Phi) is 4.90. The molecule has 5 nitrogen and oxygen atoms in total. The average Bonchev–Trinajstić information content (AvgIpc) is 2.84. The number of nitrogens with one attached hydrogen (secondary N) is 3. The van der Waals surface area contributed by atoms with E-state index in [4.69, 9.17) is 0 Å². The quantitative estimate of drug-likeness (QED) is 0.589. The number of aliphatic hydroxyl groups excluding tert-OH is 1. The molecule has 0 saturated carbocycles. The van der Waals surface area contributed by atoms with E-state index in [1.54, 1.807) is 7.05 Å². The van der Waals surface area contributed by atoms with Crippen LogP contribution in [0.25, 0.3) is 0 Å². The van der Waals surface area contributed by atoms with Crippen LogP contribution >= 0.6 is 0 Å². The molecule has 2 unspecified atom stereocenters. The first-order valence-corrected chi connectivity index (χ1v) is 6.61. The minimum atomic E-state index is -0.247. The van der Waals surface area contributed by atoms with Crippen LogP contribution in [0.3, 0.4) is 0 Å². The molecular weight excluding hydrogens is 242 g/mol. The number of β-amino-alcohol motifs (C(OH)–C–C–N with tert-alkyl or cyclic N) is 1. The molecule has 1 aliphatic heterocycles. The Hall–Kier alpha value is -1.43. The van der Waals surface area contributed by atoms with Gasteiger partial charge in [-0.15, -0.1) is 0 Å². The molecule has 19 heavy (non-hydrogen) atoms. The first kappa shape index (κ1) is 14.0. The maximum absolute atomic E-state index is 11.4. The molecule has 1 fully saturated rings. The van der Waals surface area contributed by atoms with Crippen molar-refractivity contribution in [3.63, 3.8) is 0 Å². The lowest BCUT2D eigenvalue weighted by molar-refractivity contribution is 0.0963. The second-order valence-electron chi connectivity index (χ2n) is 4.89. The summed E-state index contributed by atoms with van der Waals surface area (Å²) in [6.07, 6.45) is -0.247. The summed E-state index contributed by atoms with van der Waals surface area (Å²) in [6.45, 7) is 3.10. The molecule has 104 valence electrons. The van der Waals surface area contributed by atoms with Gasteiger partial charge in [0.1, 0.15) is 0 Å². The van der Waals surface area contributed by atoms with Gasteiger partial charge in [-0.2, -0.15) is 0 Å². The normalized spacial score (nSPS) is 22.4. The Morgan fingerprint density at radius 3 is 2.68 bits per heavy atom. The van der Waals surface area contributed by atoms with Crippen LogP contribution in [0.4, 0.5) is 0 Å². The third kappa shape index (κ3) is 3.76.